The minimum atomic E-state index is -0.437. The second kappa shape index (κ2) is 4.50. The van der Waals surface area contributed by atoms with Crippen LogP contribution in [0.4, 0.5) is 11.4 Å². The molecule has 1 aliphatic heterocycles. The van der Waals surface area contributed by atoms with Crippen LogP contribution in [0, 0.1) is 15.5 Å². The highest BCUT2D eigenvalue weighted by Crippen LogP contribution is 2.31. The molecule has 0 bridgehead atoms. The van der Waals surface area contributed by atoms with E-state index in [1.807, 2.05) is 0 Å². The molecule has 2 rings (SSSR count). The molecule has 1 heterocycles. The standard InChI is InChI=1S/C11H13ClN2O3/c1-11(6-17-7-11)5-13-9-3-2-8(12)4-10(9)14(15)16/h2-4,13H,5-7H2,1H3. The van der Waals surface area contributed by atoms with Gasteiger partial charge in [0.1, 0.15) is 5.69 Å². The number of nitrogens with one attached hydrogen (secondary N) is 1. The van der Waals surface area contributed by atoms with Gasteiger partial charge in [-0.3, -0.25) is 10.1 Å². The number of hydrogen-bond acceptors (Lipinski definition) is 4. The van der Waals surface area contributed by atoms with Gasteiger partial charge in [0.05, 0.1) is 18.1 Å². The lowest BCUT2D eigenvalue weighted by molar-refractivity contribution is -0.384. The second-order valence-corrected chi connectivity index (χ2v) is 5.01. The SMILES string of the molecule is CC1(CNc2ccc(Cl)cc2[N+](=O)[O-])COC1. The monoisotopic (exact) mass is 256 g/mol. The number of benzene rings is 1. The molecule has 0 aliphatic carbocycles. The topological polar surface area (TPSA) is 64.4 Å². The lowest BCUT2D eigenvalue weighted by atomic mass is 9.88. The van der Waals surface area contributed by atoms with Crippen molar-refractivity contribution in [1.29, 1.82) is 0 Å². The minimum Gasteiger partial charge on any atom is -0.380 e. The molecule has 1 saturated heterocycles. The highest BCUT2D eigenvalue weighted by atomic mass is 35.5. The Kier molecular flexibility index (Phi) is 3.22. The summed E-state index contributed by atoms with van der Waals surface area (Å²) < 4.78 is 5.13. The Morgan fingerprint density at radius 1 is 1.59 bits per heavy atom. The largest absolute Gasteiger partial charge is 0.380 e. The van der Waals surface area contributed by atoms with Crippen molar-refractivity contribution in [3.63, 3.8) is 0 Å². The Bertz CT molecular complexity index is 446. The lowest BCUT2D eigenvalue weighted by Gasteiger charge is -2.38. The van der Waals surface area contributed by atoms with Gasteiger partial charge >= 0.3 is 0 Å². The van der Waals surface area contributed by atoms with Crippen molar-refractivity contribution in [3.05, 3.63) is 33.3 Å². The molecule has 0 spiro atoms. The third-order valence-corrected chi connectivity index (χ3v) is 3.00. The van der Waals surface area contributed by atoms with E-state index in [2.05, 4.69) is 12.2 Å². The average Bonchev–Trinajstić information content (AvgIpc) is 2.24. The van der Waals surface area contributed by atoms with E-state index in [4.69, 9.17) is 16.3 Å². The highest BCUT2D eigenvalue weighted by molar-refractivity contribution is 6.30. The van der Waals surface area contributed by atoms with Gasteiger partial charge in [0.25, 0.3) is 5.69 Å². The maximum atomic E-state index is 10.9. The number of ether oxygens (including phenoxy) is 1. The minimum absolute atomic E-state index is 0.00124. The molecule has 0 amide bonds. The highest BCUT2D eigenvalue weighted by Gasteiger charge is 2.33. The van der Waals surface area contributed by atoms with Crippen LogP contribution in [0.25, 0.3) is 0 Å². The maximum Gasteiger partial charge on any atom is 0.293 e. The zero-order valence-corrected chi connectivity index (χ0v) is 10.2. The summed E-state index contributed by atoms with van der Waals surface area (Å²) >= 11 is 5.74. The molecule has 92 valence electrons. The molecule has 0 aromatic heterocycles. The fourth-order valence-electron chi connectivity index (χ4n) is 1.67. The quantitative estimate of drug-likeness (QED) is 0.664. The van der Waals surface area contributed by atoms with Crippen LogP contribution in [0.3, 0.4) is 0 Å². The number of hydrogen-bond donors (Lipinski definition) is 1. The number of anilines is 1. The van der Waals surface area contributed by atoms with Crippen LogP contribution >= 0.6 is 11.6 Å². The van der Waals surface area contributed by atoms with E-state index in [1.165, 1.54) is 6.07 Å². The number of nitro groups is 1. The van der Waals surface area contributed by atoms with E-state index >= 15 is 0 Å². The van der Waals surface area contributed by atoms with E-state index in [-0.39, 0.29) is 11.1 Å². The second-order valence-electron chi connectivity index (χ2n) is 4.58. The van der Waals surface area contributed by atoms with Crippen molar-refractivity contribution in [2.75, 3.05) is 25.1 Å². The van der Waals surface area contributed by atoms with Crippen LogP contribution < -0.4 is 5.32 Å². The van der Waals surface area contributed by atoms with Gasteiger partial charge in [-0.05, 0) is 12.1 Å². The molecular weight excluding hydrogens is 244 g/mol. The Morgan fingerprint density at radius 2 is 2.29 bits per heavy atom. The number of nitrogens with zero attached hydrogens (tertiary/aromatic N) is 1. The van der Waals surface area contributed by atoms with E-state index in [0.29, 0.717) is 30.5 Å². The maximum absolute atomic E-state index is 10.9. The zero-order valence-electron chi connectivity index (χ0n) is 9.40. The van der Waals surface area contributed by atoms with Gasteiger partial charge in [-0.15, -0.1) is 0 Å². The predicted octanol–water partition coefficient (Wildman–Crippen LogP) is 2.70. The molecule has 1 aromatic carbocycles. The van der Waals surface area contributed by atoms with Gasteiger partial charge in [-0.25, -0.2) is 0 Å². The van der Waals surface area contributed by atoms with Crippen molar-refractivity contribution < 1.29 is 9.66 Å². The normalized spacial score (nSPS) is 17.3. The van der Waals surface area contributed by atoms with E-state index < -0.39 is 4.92 Å². The molecule has 0 unspecified atom stereocenters. The van der Waals surface area contributed by atoms with Crippen LogP contribution in [0.2, 0.25) is 5.02 Å². The average molecular weight is 257 g/mol. The predicted molar refractivity (Wildman–Crippen MR) is 65.5 cm³/mol. The summed E-state index contributed by atoms with van der Waals surface area (Å²) in [6, 6.07) is 4.61. The Labute approximate surface area is 104 Å². The molecule has 0 atom stereocenters. The van der Waals surface area contributed by atoms with Crippen LogP contribution in [-0.2, 0) is 4.74 Å². The number of halogens is 1. The van der Waals surface area contributed by atoms with Crippen molar-refractivity contribution in [1.82, 2.24) is 0 Å². The molecule has 1 aromatic rings. The molecule has 0 radical (unpaired) electrons. The lowest BCUT2D eigenvalue weighted by Crippen LogP contribution is -2.45. The first-order valence-electron chi connectivity index (χ1n) is 5.26. The number of nitro benzene ring substituents is 1. The molecule has 17 heavy (non-hydrogen) atoms. The molecule has 5 nitrogen and oxygen atoms in total. The van der Waals surface area contributed by atoms with E-state index in [1.54, 1.807) is 12.1 Å². The van der Waals surface area contributed by atoms with Gasteiger partial charge in [-0.1, -0.05) is 18.5 Å². The van der Waals surface area contributed by atoms with Crippen molar-refractivity contribution >= 4 is 23.0 Å². The molecule has 0 saturated carbocycles. The fourth-order valence-corrected chi connectivity index (χ4v) is 1.83. The first-order valence-corrected chi connectivity index (χ1v) is 5.64. The number of rotatable bonds is 4. The molecule has 6 heteroatoms. The summed E-state index contributed by atoms with van der Waals surface area (Å²) in [5, 5.41) is 14.3. The van der Waals surface area contributed by atoms with Crippen molar-refractivity contribution in [2.45, 2.75) is 6.92 Å². The van der Waals surface area contributed by atoms with Gasteiger partial charge in [0.2, 0.25) is 0 Å². The Balaban J connectivity index is 2.12. The van der Waals surface area contributed by atoms with Gasteiger partial charge in [0, 0.05) is 23.0 Å². The zero-order chi connectivity index (χ0) is 12.5. The summed E-state index contributed by atoms with van der Waals surface area (Å²) in [4.78, 5) is 10.4. The smallest absolute Gasteiger partial charge is 0.293 e. The van der Waals surface area contributed by atoms with Crippen LogP contribution in [-0.4, -0.2) is 24.7 Å². The van der Waals surface area contributed by atoms with Crippen LogP contribution in [0.1, 0.15) is 6.92 Å². The molecule has 1 N–H and O–H groups in total. The van der Waals surface area contributed by atoms with Gasteiger partial charge in [0.15, 0.2) is 0 Å². The summed E-state index contributed by atoms with van der Waals surface area (Å²) in [6.07, 6.45) is 0. The van der Waals surface area contributed by atoms with E-state index in [9.17, 15) is 10.1 Å². The summed E-state index contributed by atoms with van der Waals surface area (Å²) in [5.74, 6) is 0. The van der Waals surface area contributed by atoms with Gasteiger partial charge in [-0.2, -0.15) is 0 Å². The third kappa shape index (κ3) is 2.68. The Hall–Kier alpha value is -1.33. The summed E-state index contributed by atoms with van der Waals surface area (Å²) in [5.41, 5.74) is 0.557. The third-order valence-electron chi connectivity index (χ3n) is 2.76. The Morgan fingerprint density at radius 3 is 2.82 bits per heavy atom. The fraction of sp³-hybridized carbons (Fsp3) is 0.455. The van der Waals surface area contributed by atoms with Crippen LogP contribution in [0.15, 0.2) is 18.2 Å². The first-order chi connectivity index (χ1) is 8.00. The van der Waals surface area contributed by atoms with Crippen molar-refractivity contribution in [3.8, 4) is 0 Å². The van der Waals surface area contributed by atoms with Gasteiger partial charge < -0.3 is 10.1 Å². The van der Waals surface area contributed by atoms with E-state index in [0.717, 1.165) is 0 Å². The molecular formula is C11H13ClN2O3. The van der Waals surface area contributed by atoms with Crippen molar-refractivity contribution in [2.24, 2.45) is 5.41 Å². The molecule has 1 fully saturated rings. The molecule has 1 aliphatic rings. The summed E-state index contributed by atoms with van der Waals surface area (Å²) in [7, 11) is 0. The summed E-state index contributed by atoms with van der Waals surface area (Å²) in [6.45, 7) is 4.09. The van der Waals surface area contributed by atoms with Crippen LogP contribution in [0.5, 0.6) is 0 Å². The first kappa shape index (κ1) is 12.1.